The Bertz CT molecular complexity index is 310. The molecule has 0 aliphatic heterocycles. The predicted molar refractivity (Wildman–Crippen MR) is 51.9 cm³/mol. The number of anilines is 1. The van der Waals surface area contributed by atoms with Crippen molar-refractivity contribution in [1.29, 1.82) is 0 Å². The number of nitrogens with two attached hydrogens (primary N) is 1. The third kappa shape index (κ3) is 1.99. The third-order valence-corrected chi connectivity index (χ3v) is 1.99. The molecule has 1 unspecified atom stereocenters. The van der Waals surface area contributed by atoms with Crippen LogP contribution in [0.25, 0.3) is 0 Å². The fourth-order valence-corrected chi connectivity index (χ4v) is 1.09. The zero-order valence-corrected chi connectivity index (χ0v) is 7.78. The van der Waals surface area contributed by atoms with Crippen LogP contribution >= 0.6 is 0 Å². The summed E-state index contributed by atoms with van der Waals surface area (Å²) in [6, 6.07) is 5.36. The normalized spacial score (nSPS) is 12.2. The molecule has 0 fully saturated rings. The maximum absolute atomic E-state index is 10.5. The molecule has 1 rings (SSSR count). The first kappa shape index (κ1) is 9.58. The van der Waals surface area contributed by atoms with E-state index in [0.29, 0.717) is 11.4 Å². The van der Waals surface area contributed by atoms with Gasteiger partial charge in [-0.15, -0.1) is 0 Å². The van der Waals surface area contributed by atoms with Crippen LogP contribution in [-0.4, -0.2) is 13.4 Å². The Hall–Kier alpha value is -1.51. The molecular weight excluding hydrogens is 166 g/mol. The number of hydrogen-bond donors (Lipinski definition) is 1. The molecule has 0 aromatic heterocycles. The molecule has 0 heterocycles. The van der Waals surface area contributed by atoms with Gasteiger partial charge >= 0.3 is 0 Å². The van der Waals surface area contributed by atoms with Crippen molar-refractivity contribution in [3.05, 3.63) is 23.8 Å². The van der Waals surface area contributed by atoms with Gasteiger partial charge in [0.2, 0.25) is 0 Å². The molecule has 0 aliphatic rings. The second-order valence-corrected chi connectivity index (χ2v) is 2.93. The summed E-state index contributed by atoms with van der Waals surface area (Å²) >= 11 is 0. The summed E-state index contributed by atoms with van der Waals surface area (Å²) in [5, 5.41) is 0. The number of aldehydes is 1. The van der Waals surface area contributed by atoms with Crippen LogP contribution in [0.5, 0.6) is 5.75 Å². The van der Waals surface area contributed by atoms with Crippen LogP contribution in [0.1, 0.15) is 18.4 Å². The van der Waals surface area contributed by atoms with Gasteiger partial charge in [-0.2, -0.15) is 0 Å². The molecular formula is C10H13NO2. The molecule has 13 heavy (non-hydrogen) atoms. The van der Waals surface area contributed by atoms with Gasteiger partial charge in [-0.05, 0) is 17.7 Å². The molecule has 0 saturated heterocycles. The second kappa shape index (κ2) is 3.94. The predicted octanol–water partition coefficient (Wildman–Crippen LogP) is 1.58. The highest BCUT2D eigenvalue weighted by molar-refractivity contribution is 5.64. The molecule has 0 spiro atoms. The number of rotatable bonds is 3. The smallest absolute Gasteiger partial charge is 0.142 e. The van der Waals surface area contributed by atoms with Crippen molar-refractivity contribution in [2.45, 2.75) is 12.8 Å². The Morgan fingerprint density at radius 3 is 2.77 bits per heavy atom. The van der Waals surface area contributed by atoms with Crippen LogP contribution < -0.4 is 10.5 Å². The summed E-state index contributed by atoms with van der Waals surface area (Å²) in [4.78, 5) is 10.5. The molecule has 3 heteroatoms. The topological polar surface area (TPSA) is 52.3 Å². The van der Waals surface area contributed by atoms with Crippen molar-refractivity contribution in [1.82, 2.24) is 0 Å². The minimum atomic E-state index is -0.116. The van der Waals surface area contributed by atoms with Crippen LogP contribution in [-0.2, 0) is 4.79 Å². The van der Waals surface area contributed by atoms with Gasteiger partial charge in [0.05, 0.1) is 12.8 Å². The molecule has 0 radical (unpaired) electrons. The van der Waals surface area contributed by atoms with Crippen molar-refractivity contribution in [3.63, 3.8) is 0 Å². The minimum Gasteiger partial charge on any atom is -0.495 e. The molecule has 0 saturated carbocycles. The van der Waals surface area contributed by atoms with Gasteiger partial charge in [0.1, 0.15) is 12.0 Å². The van der Waals surface area contributed by atoms with Crippen LogP contribution in [0.2, 0.25) is 0 Å². The average Bonchev–Trinajstić information content (AvgIpc) is 2.17. The van der Waals surface area contributed by atoms with E-state index < -0.39 is 0 Å². The first-order chi connectivity index (χ1) is 6.19. The highest BCUT2D eigenvalue weighted by Crippen LogP contribution is 2.25. The lowest BCUT2D eigenvalue weighted by Crippen LogP contribution is -1.98. The number of ether oxygens (including phenoxy) is 1. The van der Waals surface area contributed by atoms with Crippen LogP contribution in [0, 0.1) is 0 Å². The third-order valence-electron chi connectivity index (χ3n) is 1.99. The van der Waals surface area contributed by atoms with E-state index in [0.717, 1.165) is 11.8 Å². The average molecular weight is 179 g/mol. The lowest BCUT2D eigenvalue weighted by atomic mass is 10.0. The molecule has 0 aliphatic carbocycles. The van der Waals surface area contributed by atoms with E-state index in [1.165, 1.54) is 0 Å². The number of benzene rings is 1. The van der Waals surface area contributed by atoms with Crippen LogP contribution in [0.4, 0.5) is 5.69 Å². The molecule has 1 aromatic rings. The number of carbonyl (C=O) groups is 1. The van der Waals surface area contributed by atoms with Gasteiger partial charge in [0.25, 0.3) is 0 Å². The first-order valence-electron chi connectivity index (χ1n) is 4.07. The number of carbonyl (C=O) groups excluding carboxylic acids is 1. The van der Waals surface area contributed by atoms with Crippen molar-refractivity contribution in [2.75, 3.05) is 12.8 Å². The number of methoxy groups -OCH3 is 1. The van der Waals surface area contributed by atoms with E-state index in [1.807, 2.05) is 13.0 Å². The summed E-state index contributed by atoms with van der Waals surface area (Å²) < 4.78 is 5.04. The van der Waals surface area contributed by atoms with Gasteiger partial charge in [-0.1, -0.05) is 13.0 Å². The molecule has 0 amide bonds. The van der Waals surface area contributed by atoms with Crippen molar-refractivity contribution in [2.24, 2.45) is 0 Å². The summed E-state index contributed by atoms with van der Waals surface area (Å²) in [6.07, 6.45) is 0.894. The summed E-state index contributed by atoms with van der Waals surface area (Å²) in [5.41, 5.74) is 7.13. The number of nitrogen functional groups attached to an aromatic ring is 1. The lowest BCUT2D eigenvalue weighted by molar-refractivity contribution is -0.108. The highest BCUT2D eigenvalue weighted by Gasteiger charge is 2.06. The fraction of sp³-hybridized carbons (Fsp3) is 0.300. The zero-order chi connectivity index (χ0) is 9.84. The van der Waals surface area contributed by atoms with E-state index in [2.05, 4.69) is 0 Å². The van der Waals surface area contributed by atoms with E-state index in [9.17, 15) is 4.79 Å². The standard InChI is InChI=1S/C10H13NO2/c1-7(6-12)8-3-4-9(11)10(5-8)13-2/h3-7H,11H2,1-2H3. The van der Waals surface area contributed by atoms with Crippen LogP contribution in [0.3, 0.4) is 0 Å². The van der Waals surface area contributed by atoms with E-state index >= 15 is 0 Å². The first-order valence-corrected chi connectivity index (χ1v) is 4.07. The maximum Gasteiger partial charge on any atom is 0.142 e. The molecule has 3 nitrogen and oxygen atoms in total. The molecule has 0 bridgehead atoms. The molecule has 1 atom stereocenters. The Balaban J connectivity index is 3.05. The lowest BCUT2D eigenvalue weighted by Gasteiger charge is -2.08. The van der Waals surface area contributed by atoms with Gasteiger partial charge in [0, 0.05) is 5.92 Å². The zero-order valence-electron chi connectivity index (χ0n) is 7.78. The molecule has 1 aromatic carbocycles. The van der Waals surface area contributed by atoms with E-state index in [-0.39, 0.29) is 5.92 Å². The second-order valence-electron chi connectivity index (χ2n) is 2.93. The monoisotopic (exact) mass is 179 g/mol. The van der Waals surface area contributed by atoms with Crippen molar-refractivity contribution in [3.8, 4) is 5.75 Å². The summed E-state index contributed by atoms with van der Waals surface area (Å²) in [6.45, 7) is 1.83. The highest BCUT2D eigenvalue weighted by atomic mass is 16.5. The quantitative estimate of drug-likeness (QED) is 0.566. The minimum absolute atomic E-state index is 0.116. The SMILES string of the molecule is COc1cc(C(C)C=O)ccc1N. The van der Waals surface area contributed by atoms with Crippen LogP contribution in [0.15, 0.2) is 18.2 Å². The Kier molecular flexibility index (Phi) is 2.90. The molecule has 70 valence electrons. The van der Waals surface area contributed by atoms with Gasteiger partial charge in [-0.3, -0.25) is 0 Å². The number of hydrogen-bond acceptors (Lipinski definition) is 3. The largest absolute Gasteiger partial charge is 0.495 e. The Morgan fingerprint density at radius 2 is 2.23 bits per heavy atom. The van der Waals surface area contributed by atoms with Gasteiger partial charge < -0.3 is 15.3 Å². The maximum atomic E-state index is 10.5. The fourth-order valence-electron chi connectivity index (χ4n) is 1.09. The van der Waals surface area contributed by atoms with Crippen molar-refractivity contribution < 1.29 is 9.53 Å². The molecule has 2 N–H and O–H groups in total. The van der Waals surface area contributed by atoms with E-state index in [1.54, 1.807) is 19.2 Å². The summed E-state index contributed by atoms with van der Waals surface area (Å²) in [7, 11) is 1.56. The summed E-state index contributed by atoms with van der Waals surface area (Å²) in [5.74, 6) is 0.501. The Labute approximate surface area is 77.5 Å². The van der Waals surface area contributed by atoms with E-state index in [4.69, 9.17) is 10.5 Å². The van der Waals surface area contributed by atoms with Gasteiger partial charge in [0.15, 0.2) is 0 Å². The van der Waals surface area contributed by atoms with Crippen molar-refractivity contribution >= 4 is 12.0 Å². The Morgan fingerprint density at radius 1 is 1.54 bits per heavy atom. The van der Waals surface area contributed by atoms with Gasteiger partial charge in [-0.25, -0.2) is 0 Å².